The highest BCUT2D eigenvalue weighted by Gasteiger charge is 2.50. The number of benzene rings is 2. The molecule has 2 aromatic carbocycles. The third kappa shape index (κ3) is 2.58. The number of carboxylic acids is 1. The van der Waals surface area contributed by atoms with Gasteiger partial charge in [-0.3, -0.25) is 19.3 Å². The van der Waals surface area contributed by atoms with Crippen molar-refractivity contribution in [2.24, 2.45) is 0 Å². The summed E-state index contributed by atoms with van der Waals surface area (Å²) in [5, 5.41) is 9.79. The average molecular weight is 404 g/mol. The fourth-order valence-electron chi connectivity index (χ4n) is 5.06. The predicted molar refractivity (Wildman–Crippen MR) is 106 cm³/mol. The zero-order chi connectivity index (χ0) is 21.0. The predicted octanol–water partition coefficient (Wildman–Crippen LogP) is 2.41. The quantitative estimate of drug-likeness (QED) is 0.776. The highest BCUT2D eigenvalue weighted by atomic mass is 16.4. The van der Waals surface area contributed by atoms with E-state index in [2.05, 4.69) is 0 Å². The molecule has 3 atom stereocenters. The van der Waals surface area contributed by atoms with Gasteiger partial charge in [0.05, 0.1) is 17.2 Å². The van der Waals surface area contributed by atoms with Gasteiger partial charge in [-0.05, 0) is 42.5 Å². The summed E-state index contributed by atoms with van der Waals surface area (Å²) >= 11 is 0. The number of carboxylic acid groups (broad SMARTS) is 1. The highest BCUT2D eigenvalue weighted by molar-refractivity contribution is 6.23. The zero-order valence-electron chi connectivity index (χ0n) is 16.2. The lowest BCUT2D eigenvalue weighted by molar-refractivity contribution is -0.156. The molecule has 152 valence electrons. The van der Waals surface area contributed by atoms with Gasteiger partial charge in [-0.1, -0.05) is 36.4 Å². The summed E-state index contributed by atoms with van der Waals surface area (Å²) in [4.78, 5) is 54.3. The van der Waals surface area contributed by atoms with Crippen molar-refractivity contribution in [3.05, 3.63) is 70.8 Å². The van der Waals surface area contributed by atoms with Gasteiger partial charge in [0.15, 0.2) is 0 Å². The van der Waals surface area contributed by atoms with Crippen LogP contribution >= 0.6 is 0 Å². The molecule has 7 heteroatoms. The number of rotatable bonds is 2. The Morgan fingerprint density at radius 2 is 1.50 bits per heavy atom. The van der Waals surface area contributed by atoms with Crippen molar-refractivity contribution in [3.63, 3.8) is 0 Å². The minimum absolute atomic E-state index is 0.180. The SMILES string of the molecule is O=C(O)C1CCCC2c3ccccc3CC(N3C(=O)c4ccccc4C3=O)C(=O)N12. The molecule has 0 radical (unpaired) electrons. The Bertz CT molecular complexity index is 1060. The summed E-state index contributed by atoms with van der Waals surface area (Å²) in [6.07, 6.45) is 1.88. The first-order chi connectivity index (χ1) is 14.5. The molecule has 30 heavy (non-hydrogen) atoms. The van der Waals surface area contributed by atoms with Crippen LogP contribution < -0.4 is 0 Å². The minimum Gasteiger partial charge on any atom is -0.480 e. The summed E-state index contributed by atoms with van der Waals surface area (Å²) in [5.74, 6) is -2.55. The van der Waals surface area contributed by atoms with Gasteiger partial charge in [-0.15, -0.1) is 0 Å². The third-order valence-corrected chi connectivity index (χ3v) is 6.42. The van der Waals surface area contributed by atoms with E-state index in [1.807, 2.05) is 24.3 Å². The van der Waals surface area contributed by atoms with E-state index in [1.165, 1.54) is 4.90 Å². The van der Waals surface area contributed by atoms with E-state index in [1.54, 1.807) is 24.3 Å². The van der Waals surface area contributed by atoms with Crippen molar-refractivity contribution in [1.29, 1.82) is 0 Å². The molecule has 0 aromatic heterocycles. The van der Waals surface area contributed by atoms with Crippen LogP contribution in [0.4, 0.5) is 0 Å². The van der Waals surface area contributed by atoms with Gasteiger partial charge in [-0.25, -0.2) is 4.79 Å². The molecule has 3 amide bonds. The molecule has 3 unspecified atom stereocenters. The monoisotopic (exact) mass is 404 g/mol. The first-order valence-corrected chi connectivity index (χ1v) is 10.1. The highest BCUT2D eigenvalue weighted by Crippen LogP contribution is 2.41. The number of nitrogens with zero attached hydrogens (tertiary/aromatic N) is 2. The van der Waals surface area contributed by atoms with Crippen molar-refractivity contribution in [1.82, 2.24) is 9.80 Å². The van der Waals surface area contributed by atoms with Crippen molar-refractivity contribution in [2.45, 2.75) is 43.8 Å². The molecule has 1 N–H and O–H groups in total. The van der Waals surface area contributed by atoms with Crippen LogP contribution in [0.2, 0.25) is 0 Å². The molecule has 3 aliphatic rings. The molecule has 1 saturated heterocycles. The molecular formula is C23H20N2O5. The van der Waals surface area contributed by atoms with Gasteiger partial charge < -0.3 is 10.0 Å². The van der Waals surface area contributed by atoms with E-state index in [9.17, 15) is 24.3 Å². The van der Waals surface area contributed by atoms with Crippen LogP contribution in [0.5, 0.6) is 0 Å². The fourth-order valence-corrected chi connectivity index (χ4v) is 5.06. The van der Waals surface area contributed by atoms with Gasteiger partial charge >= 0.3 is 5.97 Å². The topological polar surface area (TPSA) is 95.0 Å². The number of hydrogen-bond acceptors (Lipinski definition) is 4. The molecule has 0 saturated carbocycles. The minimum atomic E-state index is -1.07. The average Bonchev–Trinajstić information content (AvgIpc) is 2.93. The van der Waals surface area contributed by atoms with Crippen LogP contribution in [-0.2, 0) is 16.0 Å². The molecule has 7 nitrogen and oxygen atoms in total. The van der Waals surface area contributed by atoms with Crippen LogP contribution in [0, 0.1) is 0 Å². The number of carbonyl (C=O) groups is 4. The van der Waals surface area contributed by atoms with Crippen molar-refractivity contribution in [2.75, 3.05) is 0 Å². The Hall–Kier alpha value is -3.48. The maximum absolute atomic E-state index is 13.7. The van der Waals surface area contributed by atoms with Crippen LogP contribution in [0.3, 0.4) is 0 Å². The summed E-state index contributed by atoms with van der Waals surface area (Å²) in [7, 11) is 0. The molecule has 2 aromatic rings. The molecule has 0 spiro atoms. The summed E-state index contributed by atoms with van der Waals surface area (Å²) in [6, 6.07) is 11.6. The summed E-state index contributed by atoms with van der Waals surface area (Å²) in [5.41, 5.74) is 2.32. The zero-order valence-corrected chi connectivity index (χ0v) is 16.2. The maximum Gasteiger partial charge on any atom is 0.326 e. The normalized spacial score (nSPS) is 25.5. The van der Waals surface area contributed by atoms with Crippen molar-refractivity contribution < 1.29 is 24.3 Å². The lowest BCUT2D eigenvalue weighted by Crippen LogP contribution is -2.56. The Morgan fingerprint density at radius 3 is 2.17 bits per heavy atom. The molecule has 0 bridgehead atoms. The van der Waals surface area contributed by atoms with E-state index in [0.717, 1.165) is 16.0 Å². The largest absolute Gasteiger partial charge is 0.480 e. The second-order valence-corrected chi connectivity index (χ2v) is 7.99. The number of hydrogen-bond donors (Lipinski definition) is 1. The molecule has 0 aliphatic carbocycles. The van der Waals surface area contributed by atoms with Gasteiger partial charge in [0.25, 0.3) is 11.8 Å². The van der Waals surface area contributed by atoms with Gasteiger partial charge in [0.2, 0.25) is 5.91 Å². The maximum atomic E-state index is 13.7. The Morgan fingerprint density at radius 1 is 0.867 bits per heavy atom. The van der Waals surface area contributed by atoms with Crippen LogP contribution in [0.1, 0.15) is 57.1 Å². The number of imide groups is 1. The van der Waals surface area contributed by atoms with Gasteiger partial charge in [0.1, 0.15) is 12.1 Å². The van der Waals surface area contributed by atoms with E-state index in [4.69, 9.17) is 0 Å². The van der Waals surface area contributed by atoms with E-state index >= 15 is 0 Å². The third-order valence-electron chi connectivity index (χ3n) is 6.42. The van der Waals surface area contributed by atoms with Gasteiger partial charge in [0, 0.05) is 6.42 Å². The van der Waals surface area contributed by atoms with E-state index in [-0.39, 0.29) is 23.6 Å². The molecular weight excluding hydrogens is 384 g/mol. The van der Waals surface area contributed by atoms with E-state index < -0.39 is 35.8 Å². The standard InChI is InChI=1S/C23H20N2O5/c26-20-15-8-3-4-9-16(15)21(27)25(20)19-12-13-6-1-2-7-14(13)17-10-5-11-18(23(29)30)24(17)22(19)28/h1-4,6-9,17-19H,5,10-12H2,(H,29,30). The smallest absolute Gasteiger partial charge is 0.326 e. The number of amides is 3. The molecule has 3 aliphatic heterocycles. The second-order valence-electron chi connectivity index (χ2n) is 7.99. The molecule has 5 rings (SSSR count). The first-order valence-electron chi connectivity index (χ1n) is 10.1. The van der Waals surface area contributed by atoms with Crippen LogP contribution in [0.25, 0.3) is 0 Å². The van der Waals surface area contributed by atoms with Crippen molar-refractivity contribution in [3.8, 4) is 0 Å². The molecule has 1 fully saturated rings. The lowest BCUT2D eigenvalue weighted by atomic mass is 9.89. The number of aliphatic carboxylic acids is 1. The van der Waals surface area contributed by atoms with Crippen LogP contribution in [0.15, 0.2) is 48.5 Å². The number of piperidine rings is 1. The Kier molecular flexibility index (Phi) is 4.20. The van der Waals surface area contributed by atoms with Crippen LogP contribution in [-0.4, -0.2) is 50.7 Å². The van der Waals surface area contributed by atoms with E-state index in [0.29, 0.717) is 19.3 Å². The summed E-state index contributed by atoms with van der Waals surface area (Å²) in [6.45, 7) is 0. The second kappa shape index (κ2) is 6.79. The number of carbonyl (C=O) groups excluding carboxylic acids is 3. The Labute approximate surface area is 172 Å². The summed E-state index contributed by atoms with van der Waals surface area (Å²) < 4.78 is 0. The fraction of sp³-hybridized carbons (Fsp3) is 0.304. The Balaban J connectivity index is 1.64. The number of fused-ring (bicyclic) bond motifs is 4. The van der Waals surface area contributed by atoms with Crippen molar-refractivity contribution >= 4 is 23.7 Å². The molecule has 3 heterocycles. The first kappa shape index (κ1) is 18.5. The lowest BCUT2D eigenvalue weighted by Gasteiger charge is -2.41. The van der Waals surface area contributed by atoms with Gasteiger partial charge in [-0.2, -0.15) is 0 Å².